The molecule has 5 rings (SSSR count). The quantitative estimate of drug-likeness (QED) is 0.603. The van der Waals surface area contributed by atoms with Crippen LogP contribution >= 0.6 is 0 Å². The Kier molecular flexibility index (Phi) is 3.45. The molecule has 0 amide bonds. The molecule has 0 spiro atoms. The molecule has 0 radical (unpaired) electrons. The minimum absolute atomic E-state index is 0.132. The predicted molar refractivity (Wildman–Crippen MR) is 105 cm³/mol. The summed E-state index contributed by atoms with van der Waals surface area (Å²) in [6.45, 7) is 1.86. The highest BCUT2D eigenvalue weighted by molar-refractivity contribution is 6.03. The van der Waals surface area contributed by atoms with Gasteiger partial charge < -0.3 is 4.90 Å². The molecule has 3 heterocycles. The van der Waals surface area contributed by atoms with Gasteiger partial charge in [-0.3, -0.25) is 9.78 Å². The molecule has 5 nitrogen and oxygen atoms in total. The van der Waals surface area contributed by atoms with Crippen LogP contribution in [-0.2, 0) is 0 Å². The number of pyridine rings is 1. The molecule has 2 aromatic heterocycles. The van der Waals surface area contributed by atoms with Crippen LogP contribution in [-0.4, -0.2) is 28.0 Å². The fraction of sp³-hybridized carbons (Fsp3) is 0.190. The van der Waals surface area contributed by atoms with Crippen LogP contribution in [0.3, 0.4) is 0 Å². The van der Waals surface area contributed by atoms with Gasteiger partial charge in [0, 0.05) is 24.8 Å². The Morgan fingerprint density at radius 3 is 2.62 bits per heavy atom. The van der Waals surface area contributed by atoms with Gasteiger partial charge in [0.15, 0.2) is 5.65 Å². The largest absolute Gasteiger partial charge is 0.342 e. The van der Waals surface area contributed by atoms with E-state index in [9.17, 15) is 4.79 Å². The summed E-state index contributed by atoms with van der Waals surface area (Å²) >= 11 is 0. The zero-order valence-electron chi connectivity index (χ0n) is 14.3. The molecule has 0 aliphatic carbocycles. The smallest absolute Gasteiger partial charge is 0.262 e. The Hall–Kier alpha value is -3.21. The Morgan fingerprint density at radius 2 is 1.73 bits per heavy atom. The molecule has 1 aliphatic rings. The monoisotopic (exact) mass is 342 g/mol. The number of benzene rings is 2. The summed E-state index contributed by atoms with van der Waals surface area (Å²) in [5, 5.41) is 2.81. The first kappa shape index (κ1) is 15.1. The second-order valence-corrected chi connectivity index (χ2v) is 6.67. The first-order chi connectivity index (χ1) is 12.8. The molecular formula is C21H18N4O. The molecule has 1 aliphatic heterocycles. The molecule has 1 N–H and O–H groups in total. The SMILES string of the molecule is O=c1[nH]c(N2CCCC2)nc2nccc(-c3cccc4ccccc34)c12. The minimum Gasteiger partial charge on any atom is -0.342 e. The topological polar surface area (TPSA) is 61.9 Å². The summed E-state index contributed by atoms with van der Waals surface area (Å²) in [6, 6.07) is 16.2. The summed E-state index contributed by atoms with van der Waals surface area (Å²) in [7, 11) is 0. The third-order valence-electron chi connectivity index (χ3n) is 5.08. The Morgan fingerprint density at radius 1 is 0.923 bits per heavy atom. The van der Waals surface area contributed by atoms with E-state index in [4.69, 9.17) is 0 Å². The number of anilines is 1. The highest BCUT2D eigenvalue weighted by Gasteiger charge is 2.18. The van der Waals surface area contributed by atoms with E-state index >= 15 is 0 Å². The number of nitrogens with zero attached hydrogens (tertiary/aromatic N) is 3. The standard InChI is InChI=1S/C21H18N4O/c26-20-18-17(16-9-5-7-14-6-1-2-8-15(14)16)10-11-22-19(18)23-21(24-20)25-12-3-4-13-25/h1-2,5-11H,3-4,12-13H2,(H,22,23,24,26). The summed E-state index contributed by atoms with van der Waals surface area (Å²) in [4.78, 5) is 27.0. The van der Waals surface area contributed by atoms with Gasteiger partial charge >= 0.3 is 0 Å². The summed E-state index contributed by atoms with van der Waals surface area (Å²) in [5.74, 6) is 0.627. The van der Waals surface area contributed by atoms with E-state index in [1.54, 1.807) is 6.20 Å². The van der Waals surface area contributed by atoms with Crippen molar-refractivity contribution in [1.29, 1.82) is 0 Å². The predicted octanol–water partition coefficient (Wildman–Crippen LogP) is 3.74. The average Bonchev–Trinajstić information content (AvgIpc) is 3.22. The second kappa shape index (κ2) is 5.95. The Bertz CT molecular complexity index is 1170. The first-order valence-corrected chi connectivity index (χ1v) is 8.93. The van der Waals surface area contributed by atoms with Crippen molar-refractivity contribution in [2.75, 3.05) is 18.0 Å². The van der Waals surface area contributed by atoms with Crippen LogP contribution < -0.4 is 10.5 Å². The maximum absolute atomic E-state index is 12.9. The van der Waals surface area contributed by atoms with Gasteiger partial charge in [0.25, 0.3) is 5.56 Å². The van der Waals surface area contributed by atoms with E-state index in [0.29, 0.717) is 17.0 Å². The molecule has 0 unspecified atom stereocenters. The number of aromatic nitrogens is 3. The van der Waals surface area contributed by atoms with E-state index in [0.717, 1.165) is 47.8 Å². The maximum atomic E-state index is 12.9. The Balaban J connectivity index is 1.77. The van der Waals surface area contributed by atoms with E-state index in [1.807, 2.05) is 30.3 Å². The molecule has 1 saturated heterocycles. The van der Waals surface area contributed by atoms with Crippen LogP contribution in [0, 0.1) is 0 Å². The number of hydrogen-bond donors (Lipinski definition) is 1. The normalized spacial score (nSPS) is 14.4. The van der Waals surface area contributed by atoms with Crippen molar-refractivity contribution >= 4 is 27.8 Å². The first-order valence-electron chi connectivity index (χ1n) is 8.93. The molecule has 0 saturated carbocycles. The number of aromatic amines is 1. The minimum atomic E-state index is -0.132. The lowest BCUT2D eigenvalue weighted by molar-refractivity contribution is 0.897. The van der Waals surface area contributed by atoms with Crippen LogP contribution in [0.1, 0.15) is 12.8 Å². The molecule has 2 aromatic carbocycles. The lowest BCUT2D eigenvalue weighted by atomic mass is 9.97. The van der Waals surface area contributed by atoms with Crippen molar-refractivity contribution in [1.82, 2.24) is 15.0 Å². The van der Waals surface area contributed by atoms with E-state index in [-0.39, 0.29) is 5.56 Å². The maximum Gasteiger partial charge on any atom is 0.262 e. The van der Waals surface area contributed by atoms with Crippen LogP contribution in [0.15, 0.2) is 59.5 Å². The van der Waals surface area contributed by atoms with Crippen molar-refractivity contribution in [2.24, 2.45) is 0 Å². The van der Waals surface area contributed by atoms with Gasteiger partial charge in [0.05, 0.1) is 5.39 Å². The fourth-order valence-electron chi connectivity index (χ4n) is 3.82. The highest BCUT2D eigenvalue weighted by Crippen LogP contribution is 2.31. The number of H-pyrrole nitrogens is 1. The van der Waals surface area contributed by atoms with Gasteiger partial charge in [-0.25, -0.2) is 4.98 Å². The molecule has 4 aromatic rings. The van der Waals surface area contributed by atoms with Crippen molar-refractivity contribution in [3.05, 3.63) is 65.1 Å². The van der Waals surface area contributed by atoms with Gasteiger partial charge in [-0.15, -0.1) is 0 Å². The Labute approximate surface area is 150 Å². The average molecular weight is 342 g/mol. The number of nitrogens with one attached hydrogen (secondary N) is 1. The van der Waals surface area contributed by atoms with Crippen LogP contribution in [0.5, 0.6) is 0 Å². The lowest BCUT2D eigenvalue weighted by Gasteiger charge is -2.16. The van der Waals surface area contributed by atoms with Crippen molar-refractivity contribution < 1.29 is 0 Å². The molecule has 5 heteroatoms. The lowest BCUT2D eigenvalue weighted by Crippen LogP contribution is -2.24. The van der Waals surface area contributed by atoms with Crippen LogP contribution in [0.4, 0.5) is 5.95 Å². The van der Waals surface area contributed by atoms with Gasteiger partial charge in [-0.2, -0.15) is 4.98 Å². The zero-order chi connectivity index (χ0) is 17.5. The summed E-state index contributed by atoms with van der Waals surface area (Å²) in [6.07, 6.45) is 4.00. The van der Waals surface area contributed by atoms with Gasteiger partial charge in [-0.05, 0) is 35.2 Å². The summed E-state index contributed by atoms with van der Waals surface area (Å²) in [5.41, 5.74) is 2.26. The summed E-state index contributed by atoms with van der Waals surface area (Å²) < 4.78 is 0. The number of hydrogen-bond acceptors (Lipinski definition) is 4. The van der Waals surface area contributed by atoms with Crippen LogP contribution in [0.2, 0.25) is 0 Å². The van der Waals surface area contributed by atoms with E-state index in [1.165, 1.54) is 0 Å². The number of fused-ring (bicyclic) bond motifs is 2. The van der Waals surface area contributed by atoms with Crippen molar-refractivity contribution in [3.8, 4) is 11.1 Å². The van der Waals surface area contributed by atoms with E-state index < -0.39 is 0 Å². The van der Waals surface area contributed by atoms with E-state index in [2.05, 4.69) is 38.1 Å². The van der Waals surface area contributed by atoms with Gasteiger partial charge in [0.2, 0.25) is 5.95 Å². The third-order valence-corrected chi connectivity index (χ3v) is 5.08. The van der Waals surface area contributed by atoms with Crippen molar-refractivity contribution in [3.63, 3.8) is 0 Å². The fourth-order valence-corrected chi connectivity index (χ4v) is 3.82. The third kappa shape index (κ3) is 2.36. The van der Waals surface area contributed by atoms with Crippen LogP contribution in [0.25, 0.3) is 32.9 Å². The molecule has 26 heavy (non-hydrogen) atoms. The number of rotatable bonds is 2. The van der Waals surface area contributed by atoms with Gasteiger partial charge in [-0.1, -0.05) is 42.5 Å². The van der Waals surface area contributed by atoms with Crippen molar-refractivity contribution in [2.45, 2.75) is 12.8 Å². The molecule has 1 fully saturated rings. The molecular weight excluding hydrogens is 324 g/mol. The molecule has 0 bridgehead atoms. The second-order valence-electron chi connectivity index (χ2n) is 6.67. The molecule has 0 atom stereocenters. The molecule has 128 valence electrons. The zero-order valence-corrected chi connectivity index (χ0v) is 14.3. The van der Waals surface area contributed by atoms with Gasteiger partial charge in [0.1, 0.15) is 0 Å². The highest BCUT2D eigenvalue weighted by atomic mass is 16.1.